The topological polar surface area (TPSA) is 116 Å². The molecule has 1 amide bonds. The molecule has 1 saturated carbocycles. The molecule has 4 rings (SSSR count). The van der Waals surface area contributed by atoms with Crippen LogP contribution in [0.15, 0.2) is 66.4 Å². The van der Waals surface area contributed by atoms with Crippen molar-refractivity contribution in [3.05, 3.63) is 89.9 Å². The van der Waals surface area contributed by atoms with Crippen LogP contribution in [0.4, 0.5) is 14.6 Å². The van der Waals surface area contributed by atoms with E-state index in [4.69, 9.17) is 10.5 Å². The number of primary amides is 1. The Morgan fingerprint density at radius 1 is 1.11 bits per heavy atom. The first-order valence-corrected chi connectivity index (χ1v) is 12.4. The smallest absolute Gasteiger partial charge is 0.240 e. The highest BCUT2D eigenvalue weighted by Crippen LogP contribution is 2.27. The van der Waals surface area contributed by atoms with Gasteiger partial charge in [-0.25, -0.2) is 18.7 Å². The third-order valence-corrected chi connectivity index (χ3v) is 5.85. The van der Waals surface area contributed by atoms with Gasteiger partial charge in [0.05, 0.1) is 17.0 Å². The summed E-state index contributed by atoms with van der Waals surface area (Å²) in [5.41, 5.74) is 12.1. The molecule has 4 N–H and O–H groups in total. The molecule has 1 aromatic heterocycles. The van der Waals surface area contributed by atoms with Gasteiger partial charge in [-0.1, -0.05) is 51.7 Å². The van der Waals surface area contributed by atoms with E-state index < -0.39 is 17.5 Å². The SMILES string of the molecule is C=CC(N)=O.CC1CCCCC1.CN=C(c1ccc(Oc2cccc(F)c2)cc1F)c1c(C)ncnc1N. The number of nitrogen functional groups attached to an aromatic ring is 1. The molecular formula is C29H35F2N5O2. The lowest BCUT2D eigenvalue weighted by atomic mass is 9.91. The van der Waals surface area contributed by atoms with Crippen LogP contribution in [0.5, 0.6) is 11.5 Å². The molecule has 0 bridgehead atoms. The molecule has 0 spiro atoms. The normalized spacial score (nSPS) is 13.3. The summed E-state index contributed by atoms with van der Waals surface area (Å²) in [7, 11) is 1.54. The fraction of sp³-hybridized carbons (Fsp3) is 0.310. The minimum atomic E-state index is -0.554. The Kier molecular flexibility index (Phi) is 12.0. The summed E-state index contributed by atoms with van der Waals surface area (Å²) in [4.78, 5) is 21.7. The molecule has 2 aromatic carbocycles. The maximum atomic E-state index is 14.7. The second-order valence-electron chi connectivity index (χ2n) is 8.84. The summed E-state index contributed by atoms with van der Waals surface area (Å²) in [6.07, 6.45) is 9.83. The number of nitrogens with two attached hydrogens (primary N) is 2. The number of ether oxygens (including phenoxy) is 1. The minimum Gasteiger partial charge on any atom is -0.457 e. The Labute approximate surface area is 222 Å². The van der Waals surface area contributed by atoms with Gasteiger partial charge in [0.1, 0.15) is 35.3 Å². The van der Waals surface area contributed by atoms with Crippen molar-refractivity contribution in [1.29, 1.82) is 0 Å². The van der Waals surface area contributed by atoms with Crippen LogP contribution in [0.2, 0.25) is 0 Å². The van der Waals surface area contributed by atoms with E-state index >= 15 is 0 Å². The van der Waals surface area contributed by atoms with Crippen molar-refractivity contribution in [1.82, 2.24) is 9.97 Å². The van der Waals surface area contributed by atoms with Gasteiger partial charge < -0.3 is 16.2 Å². The van der Waals surface area contributed by atoms with E-state index in [9.17, 15) is 13.6 Å². The maximum Gasteiger partial charge on any atom is 0.240 e. The summed E-state index contributed by atoms with van der Waals surface area (Å²) in [6.45, 7) is 7.19. The Bertz CT molecular complexity index is 1240. The number of carbonyl (C=O) groups excluding carboxylic acids is 1. The van der Waals surface area contributed by atoms with Gasteiger partial charge in [-0.2, -0.15) is 0 Å². The standard InChI is InChI=1S/C19H16F2N4O.C7H14.C3H5NO/c1-11-17(19(22)25-10-24-11)18(23-2)15-7-6-14(9-16(15)21)26-13-5-3-4-12(20)8-13;1-7-5-3-2-4-6-7;1-2-3(4)5/h3-10H,1-2H3,(H2,22,24,25);7H,2-6H2,1H3;2H,1H2,(H2,4,5). The van der Waals surface area contributed by atoms with Crippen molar-refractivity contribution in [2.75, 3.05) is 12.8 Å². The van der Waals surface area contributed by atoms with Crippen molar-refractivity contribution in [2.24, 2.45) is 16.6 Å². The highest BCUT2D eigenvalue weighted by Gasteiger charge is 2.18. The number of carbonyl (C=O) groups is 1. The number of hydrogen-bond acceptors (Lipinski definition) is 6. The number of benzene rings is 2. The Hall–Kier alpha value is -4.14. The Morgan fingerprint density at radius 3 is 2.26 bits per heavy atom. The van der Waals surface area contributed by atoms with E-state index in [1.807, 2.05) is 0 Å². The molecule has 0 atom stereocenters. The molecule has 1 aliphatic rings. The van der Waals surface area contributed by atoms with Crippen molar-refractivity contribution < 1.29 is 18.3 Å². The van der Waals surface area contributed by atoms with Crippen LogP contribution in [0.25, 0.3) is 0 Å². The van der Waals surface area contributed by atoms with Gasteiger partial charge in [-0.15, -0.1) is 0 Å². The van der Waals surface area contributed by atoms with Crippen LogP contribution in [-0.2, 0) is 4.79 Å². The molecular weight excluding hydrogens is 488 g/mol. The van der Waals surface area contributed by atoms with E-state index in [0.717, 1.165) is 12.0 Å². The minimum absolute atomic E-state index is 0.220. The zero-order valence-corrected chi connectivity index (χ0v) is 22.1. The molecule has 1 aliphatic carbocycles. The van der Waals surface area contributed by atoms with Gasteiger partial charge in [0.2, 0.25) is 5.91 Å². The maximum absolute atomic E-state index is 14.7. The van der Waals surface area contributed by atoms with Crippen LogP contribution >= 0.6 is 0 Å². The van der Waals surface area contributed by atoms with E-state index in [2.05, 4.69) is 34.2 Å². The summed E-state index contributed by atoms with van der Waals surface area (Å²) in [6, 6.07) is 9.92. The summed E-state index contributed by atoms with van der Waals surface area (Å²) >= 11 is 0. The highest BCUT2D eigenvalue weighted by atomic mass is 19.1. The third kappa shape index (κ3) is 9.38. The number of amides is 1. The summed E-state index contributed by atoms with van der Waals surface area (Å²) < 4.78 is 33.4. The number of anilines is 1. The zero-order valence-electron chi connectivity index (χ0n) is 22.1. The number of rotatable bonds is 5. The van der Waals surface area contributed by atoms with Crippen molar-refractivity contribution in [2.45, 2.75) is 46.0 Å². The lowest BCUT2D eigenvalue weighted by Crippen LogP contribution is -2.13. The first-order chi connectivity index (χ1) is 18.2. The van der Waals surface area contributed by atoms with Crippen LogP contribution in [-0.4, -0.2) is 28.6 Å². The predicted molar refractivity (Wildman–Crippen MR) is 147 cm³/mol. The second-order valence-corrected chi connectivity index (χ2v) is 8.84. The van der Waals surface area contributed by atoms with Gasteiger partial charge in [0.15, 0.2) is 0 Å². The molecule has 0 unspecified atom stereocenters. The number of nitrogens with zero attached hydrogens (tertiary/aromatic N) is 3. The predicted octanol–water partition coefficient (Wildman–Crippen LogP) is 6.15. The van der Waals surface area contributed by atoms with Gasteiger partial charge in [-0.05, 0) is 43.2 Å². The molecule has 9 heteroatoms. The van der Waals surface area contributed by atoms with Gasteiger partial charge >= 0.3 is 0 Å². The van der Waals surface area contributed by atoms with Crippen molar-refractivity contribution in [3.63, 3.8) is 0 Å². The number of aryl methyl sites for hydroxylation is 1. The van der Waals surface area contributed by atoms with Crippen molar-refractivity contribution in [3.8, 4) is 11.5 Å². The highest BCUT2D eigenvalue weighted by molar-refractivity contribution is 6.16. The van der Waals surface area contributed by atoms with E-state index in [0.29, 0.717) is 17.0 Å². The molecule has 0 aliphatic heterocycles. The van der Waals surface area contributed by atoms with Gasteiger partial charge in [0.25, 0.3) is 0 Å². The van der Waals surface area contributed by atoms with E-state index in [1.165, 1.54) is 75.8 Å². The third-order valence-electron chi connectivity index (χ3n) is 5.85. The molecule has 202 valence electrons. The molecule has 7 nitrogen and oxygen atoms in total. The van der Waals surface area contributed by atoms with Crippen molar-refractivity contribution >= 4 is 17.4 Å². The average molecular weight is 524 g/mol. The van der Waals surface area contributed by atoms with E-state index in [-0.39, 0.29) is 22.9 Å². The van der Waals surface area contributed by atoms with Crippen LogP contribution in [0, 0.1) is 24.5 Å². The first-order valence-electron chi connectivity index (χ1n) is 12.4. The fourth-order valence-electron chi connectivity index (χ4n) is 3.88. The molecule has 0 radical (unpaired) electrons. The monoisotopic (exact) mass is 523 g/mol. The molecule has 0 saturated heterocycles. The number of aromatic nitrogens is 2. The lowest BCUT2D eigenvalue weighted by Gasteiger charge is -2.15. The molecule has 1 heterocycles. The summed E-state index contributed by atoms with van der Waals surface area (Å²) in [5.74, 6) is 0.299. The number of halogens is 2. The summed E-state index contributed by atoms with van der Waals surface area (Å²) in [5, 5.41) is 0. The fourth-order valence-corrected chi connectivity index (χ4v) is 3.88. The Morgan fingerprint density at radius 2 is 1.76 bits per heavy atom. The second kappa shape index (κ2) is 15.2. The van der Waals surface area contributed by atoms with Gasteiger partial charge in [-0.3, -0.25) is 9.79 Å². The first kappa shape index (κ1) is 30.1. The number of aliphatic imine (C=N–C) groups is 1. The zero-order chi connectivity index (χ0) is 28.1. The molecule has 1 fully saturated rings. The number of hydrogen-bond donors (Lipinski definition) is 2. The van der Waals surface area contributed by atoms with Gasteiger partial charge in [0, 0.05) is 24.7 Å². The molecule has 38 heavy (non-hydrogen) atoms. The van der Waals surface area contributed by atoms with Crippen LogP contribution in [0.3, 0.4) is 0 Å². The van der Waals surface area contributed by atoms with Crippen LogP contribution in [0.1, 0.15) is 55.8 Å². The lowest BCUT2D eigenvalue weighted by molar-refractivity contribution is -0.113. The molecule has 3 aromatic rings. The largest absolute Gasteiger partial charge is 0.457 e. The quantitative estimate of drug-likeness (QED) is 0.307. The van der Waals surface area contributed by atoms with E-state index in [1.54, 1.807) is 19.1 Å². The Balaban J connectivity index is 0.000000348. The van der Waals surface area contributed by atoms with Crippen LogP contribution < -0.4 is 16.2 Å². The average Bonchev–Trinajstić information content (AvgIpc) is 2.88.